The van der Waals surface area contributed by atoms with Gasteiger partial charge in [-0.25, -0.2) is 0 Å². The Bertz CT molecular complexity index is 230. The Hall–Kier alpha value is -1.58. The number of nitrogens with two attached hydrogens (primary N) is 1. The molecule has 4 heteroatoms. The first kappa shape index (κ1) is 9.42. The van der Waals surface area contributed by atoms with E-state index in [4.69, 9.17) is 5.73 Å². The molecule has 60 valence electrons. The second-order valence-corrected chi connectivity index (χ2v) is 1.86. The van der Waals surface area contributed by atoms with E-state index in [1.807, 2.05) is 0 Å². The van der Waals surface area contributed by atoms with E-state index < -0.39 is 11.9 Å². The van der Waals surface area contributed by atoms with Gasteiger partial charge in [-0.2, -0.15) is 0 Å². The Balaban J connectivity index is 4.16. The topological polar surface area (TPSA) is 69.4 Å². The maximum Gasteiger partial charge on any atom is 0.308 e. The van der Waals surface area contributed by atoms with Gasteiger partial charge in [-0.15, -0.1) is 0 Å². The molecule has 0 atom stereocenters. The highest BCUT2D eigenvalue weighted by atomic mass is 16.5. The average molecular weight is 155 g/mol. The van der Waals surface area contributed by atoms with E-state index in [0.717, 1.165) is 0 Å². The maximum absolute atomic E-state index is 10.4. The van der Waals surface area contributed by atoms with E-state index in [2.05, 4.69) is 17.9 Å². The highest BCUT2D eigenvalue weighted by molar-refractivity contribution is 5.95. The molecular formula is C7H9NO3. The Morgan fingerprint density at radius 3 is 2.09 bits per heavy atom. The molecule has 0 saturated heterocycles. The van der Waals surface area contributed by atoms with Crippen molar-refractivity contribution in [2.75, 3.05) is 0 Å². The molecule has 0 saturated carbocycles. The van der Waals surface area contributed by atoms with Crippen LogP contribution >= 0.6 is 0 Å². The molecule has 0 aromatic heterocycles. The molecular weight excluding hydrogens is 146 g/mol. The molecule has 0 aliphatic heterocycles. The van der Waals surface area contributed by atoms with Gasteiger partial charge in [-0.1, -0.05) is 13.2 Å². The van der Waals surface area contributed by atoms with E-state index in [1.165, 1.54) is 6.92 Å². The fourth-order valence-corrected chi connectivity index (χ4v) is 0.373. The standard InChI is InChI=1S/C7H9NO3/c1-4(7(8)10)5(2)11-6(3)9/h1-2H2,3H3,(H2,8,10). The van der Waals surface area contributed by atoms with Crippen molar-refractivity contribution in [3.63, 3.8) is 0 Å². The predicted molar refractivity (Wildman–Crippen MR) is 39.2 cm³/mol. The third kappa shape index (κ3) is 3.20. The van der Waals surface area contributed by atoms with Gasteiger partial charge in [0.25, 0.3) is 5.91 Å². The number of carbonyl (C=O) groups is 2. The number of ether oxygens (including phenoxy) is 1. The number of carbonyl (C=O) groups excluding carboxylic acids is 2. The monoisotopic (exact) mass is 155 g/mol. The second kappa shape index (κ2) is 3.55. The highest BCUT2D eigenvalue weighted by Crippen LogP contribution is 2.05. The fraction of sp³-hybridized carbons (Fsp3) is 0.143. The lowest BCUT2D eigenvalue weighted by Crippen LogP contribution is -2.16. The van der Waals surface area contributed by atoms with Gasteiger partial charge in [-0.05, 0) is 0 Å². The van der Waals surface area contributed by atoms with E-state index >= 15 is 0 Å². The largest absolute Gasteiger partial charge is 0.427 e. The molecule has 0 spiro atoms. The van der Waals surface area contributed by atoms with Crippen LogP contribution in [0.1, 0.15) is 6.92 Å². The number of primary amides is 1. The fourth-order valence-electron chi connectivity index (χ4n) is 0.373. The minimum Gasteiger partial charge on any atom is -0.427 e. The van der Waals surface area contributed by atoms with Crippen LogP contribution in [0, 0.1) is 0 Å². The minimum atomic E-state index is -0.753. The van der Waals surface area contributed by atoms with Crippen molar-refractivity contribution in [2.24, 2.45) is 5.73 Å². The summed E-state index contributed by atoms with van der Waals surface area (Å²) in [6.07, 6.45) is 0. The number of esters is 1. The Kier molecular flexibility index (Phi) is 3.04. The molecule has 0 aromatic carbocycles. The normalized spacial score (nSPS) is 8.45. The van der Waals surface area contributed by atoms with Crippen LogP contribution in [0.4, 0.5) is 0 Å². The number of hydrogen-bond donors (Lipinski definition) is 1. The summed E-state index contributed by atoms with van der Waals surface area (Å²) in [6, 6.07) is 0. The lowest BCUT2D eigenvalue weighted by atomic mass is 10.2. The zero-order valence-corrected chi connectivity index (χ0v) is 6.22. The van der Waals surface area contributed by atoms with Gasteiger partial charge >= 0.3 is 5.97 Å². The SMILES string of the molecule is C=C(OC(C)=O)C(=C)C(N)=O. The summed E-state index contributed by atoms with van der Waals surface area (Å²) in [5.74, 6) is -1.42. The molecule has 0 heterocycles. The van der Waals surface area contributed by atoms with E-state index in [9.17, 15) is 9.59 Å². The molecule has 0 aromatic rings. The molecule has 1 amide bonds. The van der Waals surface area contributed by atoms with Gasteiger partial charge in [0.2, 0.25) is 0 Å². The first-order chi connectivity index (χ1) is 4.95. The van der Waals surface area contributed by atoms with Crippen LogP contribution in [0.25, 0.3) is 0 Å². The molecule has 0 unspecified atom stereocenters. The van der Waals surface area contributed by atoms with Crippen LogP contribution in [0.5, 0.6) is 0 Å². The Morgan fingerprint density at radius 2 is 1.82 bits per heavy atom. The maximum atomic E-state index is 10.4. The first-order valence-corrected chi connectivity index (χ1v) is 2.81. The smallest absolute Gasteiger partial charge is 0.308 e. The van der Waals surface area contributed by atoms with Gasteiger partial charge in [0, 0.05) is 6.92 Å². The van der Waals surface area contributed by atoms with Gasteiger partial charge < -0.3 is 10.5 Å². The number of amides is 1. The Labute approximate surface area is 64.3 Å². The van der Waals surface area contributed by atoms with Crippen LogP contribution in [0.3, 0.4) is 0 Å². The van der Waals surface area contributed by atoms with Crippen molar-refractivity contribution in [1.29, 1.82) is 0 Å². The lowest BCUT2D eigenvalue weighted by molar-refractivity contribution is -0.136. The van der Waals surface area contributed by atoms with Crippen molar-refractivity contribution in [2.45, 2.75) is 6.92 Å². The van der Waals surface area contributed by atoms with Crippen LogP contribution in [-0.2, 0) is 14.3 Å². The molecule has 11 heavy (non-hydrogen) atoms. The van der Waals surface area contributed by atoms with Gasteiger partial charge in [0.15, 0.2) is 0 Å². The van der Waals surface area contributed by atoms with Gasteiger partial charge in [0.05, 0.1) is 5.57 Å². The summed E-state index contributed by atoms with van der Waals surface area (Å²) < 4.78 is 4.44. The third-order valence-corrected chi connectivity index (χ3v) is 0.901. The van der Waals surface area contributed by atoms with Crippen molar-refractivity contribution >= 4 is 11.9 Å². The summed E-state index contributed by atoms with van der Waals surface area (Å²) in [5.41, 5.74) is 4.72. The number of hydrogen-bond acceptors (Lipinski definition) is 3. The molecule has 0 rings (SSSR count). The quantitative estimate of drug-likeness (QED) is 0.272. The molecule has 0 aliphatic rings. The van der Waals surface area contributed by atoms with Gasteiger partial charge in [0.1, 0.15) is 5.76 Å². The zero-order valence-electron chi connectivity index (χ0n) is 6.22. The van der Waals surface area contributed by atoms with Gasteiger partial charge in [-0.3, -0.25) is 9.59 Å². The van der Waals surface area contributed by atoms with E-state index in [1.54, 1.807) is 0 Å². The van der Waals surface area contributed by atoms with Crippen molar-refractivity contribution in [3.8, 4) is 0 Å². The van der Waals surface area contributed by atoms with Crippen molar-refractivity contribution in [1.82, 2.24) is 0 Å². The molecule has 2 N–H and O–H groups in total. The first-order valence-electron chi connectivity index (χ1n) is 2.81. The highest BCUT2D eigenvalue weighted by Gasteiger charge is 2.08. The van der Waals surface area contributed by atoms with Crippen LogP contribution < -0.4 is 5.73 Å². The molecule has 4 nitrogen and oxygen atoms in total. The Morgan fingerprint density at radius 1 is 1.36 bits per heavy atom. The molecule has 0 fully saturated rings. The summed E-state index contributed by atoms with van der Waals surface area (Å²) in [7, 11) is 0. The molecule has 0 radical (unpaired) electrons. The minimum absolute atomic E-state index is 0.0970. The molecule has 0 aliphatic carbocycles. The van der Waals surface area contributed by atoms with Crippen LogP contribution in [0.15, 0.2) is 24.5 Å². The molecule has 0 bridgehead atoms. The predicted octanol–water partition coefficient (Wildman–Crippen LogP) is 0.105. The summed E-state index contributed by atoms with van der Waals surface area (Å²) >= 11 is 0. The lowest BCUT2D eigenvalue weighted by Gasteiger charge is -2.03. The average Bonchev–Trinajstić information content (AvgIpc) is 1.84. The van der Waals surface area contributed by atoms with Crippen LogP contribution in [-0.4, -0.2) is 11.9 Å². The summed E-state index contributed by atoms with van der Waals surface area (Å²) in [6.45, 7) is 7.72. The van der Waals surface area contributed by atoms with E-state index in [-0.39, 0.29) is 11.3 Å². The summed E-state index contributed by atoms with van der Waals surface area (Å²) in [5, 5.41) is 0. The second-order valence-electron chi connectivity index (χ2n) is 1.86. The summed E-state index contributed by atoms with van der Waals surface area (Å²) in [4.78, 5) is 20.7. The third-order valence-electron chi connectivity index (χ3n) is 0.901. The van der Waals surface area contributed by atoms with Crippen molar-refractivity contribution in [3.05, 3.63) is 24.5 Å². The van der Waals surface area contributed by atoms with Crippen molar-refractivity contribution < 1.29 is 14.3 Å². The van der Waals surface area contributed by atoms with Crippen LogP contribution in [0.2, 0.25) is 0 Å². The number of rotatable bonds is 3. The van der Waals surface area contributed by atoms with E-state index in [0.29, 0.717) is 0 Å². The zero-order chi connectivity index (χ0) is 9.02.